The zero-order valence-electron chi connectivity index (χ0n) is 13.9. The minimum atomic E-state index is -4.43. The summed E-state index contributed by atoms with van der Waals surface area (Å²) in [5, 5.41) is 14.6. The molecule has 26 heavy (non-hydrogen) atoms. The van der Waals surface area contributed by atoms with Crippen LogP contribution in [0.15, 0.2) is 35.0 Å². The molecule has 140 valence electrons. The van der Waals surface area contributed by atoms with Crippen LogP contribution in [0.1, 0.15) is 18.3 Å². The lowest BCUT2D eigenvalue weighted by Gasteiger charge is -2.07. The van der Waals surface area contributed by atoms with Crippen molar-refractivity contribution in [2.45, 2.75) is 25.6 Å². The van der Waals surface area contributed by atoms with E-state index in [0.29, 0.717) is 12.2 Å². The van der Waals surface area contributed by atoms with Gasteiger partial charge in [-0.2, -0.15) is 18.2 Å². The molecule has 3 aromatic rings. The molecule has 0 radical (unpaired) electrons. The average Bonchev–Trinajstić information content (AvgIpc) is 3.23. The van der Waals surface area contributed by atoms with Gasteiger partial charge in [0.2, 0.25) is 0 Å². The fourth-order valence-electron chi connectivity index (χ4n) is 2.13. The van der Waals surface area contributed by atoms with Crippen LogP contribution in [0.4, 0.5) is 13.2 Å². The molecule has 0 amide bonds. The van der Waals surface area contributed by atoms with Crippen LogP contribution in [0.25, 0.3) is 17.3 Å². The maximum atomic E-state index is 12.8. The van der Waals surface area contributed by atoms with Crippen LogP contribution >= 0.6 is 12.4 Å². The molecule has 0 aliphatic carbocycles. The van der Waals surface area contributed by atoms with Crippen LogP contribution in [0.2, 0.25) is 0 Å². The third-order valence-electron chi connectivity index (χ3n) is 3.60. The summed E-state index contributed by atoms with van der Waals surface area (Å²) in [4.78, 5) is 4.22. The van der Waals surface area contributed by atoms with Crippen LogP contribution in [0.3, 0.4) is 0 Å². The van der Waals surface area contributed by atoms with Crippen molar-refractivity contribution in [3.05, 3.63) is 41.9 Å². The summed E-state index contributed by atoms with van der Waals surface area (Å²) in [6.07, 6.45) is -2.42. The highest BCUT2D eigenvalue weighted by molar-refractivity contribution is 5.85. The Morgan fingerprint density at radius 3 is 2.77 bits per heavy atom. The number of hydrogen-bond donors (Lipinski definition) is 1. The zero-order chi connectivity index (χ0) is 18.0. The lowest BCUT2D eigenvalue weighted by atomic mass is 10.2. The highest BCUT2D eigenvalue weighted by atomic mass is 35.5. The SMILES string of the molecule is CNC(C)Cc1noc(-c2cn(-c3cccc(C(F)(F)F)c3)nn2)n1.Cl. The van der Waals surface area contributed by atoms with Crippen molar-refractivity contribution < 1.29 is 17.7 Å². The van der Waals surface area contributed by atoms with Crippen molar-refractivity contribution in [2.75, 3.05) is 7.05 Å². The van der Waals surface area contributed by atoms with Gasteiger partial charge in [-0.05, 0) is 32.2 Å². The van der Waals surface area contributed by atoms with Gasteiger partial charge in [-0.25, -0.2) is 4.68 Å². The number of nitrogens with one attached hydrogen (secondary N) is 1. The quantitative estimate of drug-likeness (QED) is 0.723. The van der Waals surface area contributed by atoms with Crippen LogP contribution in [-0.4, -0.2) is 38.2 Å². The molecule has 2 aromatic heterocycles. The summed E-state index contributed by atoms with van der Waals surface area (Å²) >= 11 is 0. The van der Waals surface area contributed by atoms with Gasteiger partial charge in [0.25, 0.3) is 5.89 Å². The van der Waals surface area contributed by atoms with Crippen molar-refractivity contribution in [2.24, 2.45) is 0 Å². The first-order valence-corrected chi connectivity index (χ1v) is 7.47. The van der Waals surface area contributed by atoms with E-state index in [-0.39, 0.29) is 35.7 Å². The Hall–Kier alpha value is -2.46. The maximum absolute atomic E-state index is 12.8. The monoisotopic (exact) mass is 388 g/mol. The van der Waals surface area contributed by atoms with Crippen molar-refractivity contribution in [3.63, 3.8) is 0 Å². The van der Waals surface area contributed by atoms with Crippen molar-refractivity contribution >= 4 is 12.4 Å². The summed E-state index contributed by atoms with van der Waals surface area (Å²) in [5.41, 5.74) is -0.242. The second kappa shape index (κ2) is 7.83. The molecule has 11 heteroatoms. The van der Waals surface area contributed by atoms with Crippen molar-refractivity contribution in [3.8, 4) is 17.3 Å². The fourth-order valence-corrected chi connectivity index (χ4v) is 2.13. The van der Waals surface area contributed by atoms with E-state index in [2.05, 4.69) is 25.8 Å². The Balaban J connectivity index is 0.00000243. The van der Waals surface area contributed by atoms with Crippen molar-refractivity contribution in [1.82, 2.24) is 30.5 Å². The summed E-state index contributed by atoms with van der Waals surface area (Å²) in [6.45, 7) is 1.97. The number of hydrogen-bond acceptors (Lipinski definition) is 6. The van der Waals surface area contributed by atoms with Gasteiger partial charge >= 0.3 is 6.18 Å². The van der Waals surface area contributed by atoms with Gasteiger partial charge in [0.05, 0.1) is 17.4 Å². The molecular weight excluding hydrogens is 373 g/mol. The predicted octanol–water partition coefficient (Wildman–Crippen LogP) is 2.91. The van der Waals surface area contributed by atoms with Gasteiger partial charge in [0, 0.05) is 12.5 Å². The van der Waals surface area contributed by atoms with E-state index in [1.165, 1.54) is 23.0 Å². The first-order valence-electron chi connectivity index (χ1n) is 7.47. The Labute approximate surface area is 153 Å². The third-order valence-corrected chi connectivity index (χ3v) is 3.60. The Morgan fingerprint density at radius 2 is 2.08 bits per heavy atom. The molecule has 7 nitrogen and oxygen atoms in total. The number of halogens is 4. The number of nitrogens with zero attached hydrogens (tertiary/aromatic N) is 5. The van der Waals surface area contributed by atoms with Gasteiger partial charge in [0.15, 0.2) is 11.5 Å². The second-order valence-electron chi connectivity index (χ2n) is 5.51. The van der Waals surface area contributed by atoms with Gasteiger partial charge in [-0.3, -0.25) is 0 Å². The zero-order valence-corrected chi connectivity index (χ0v) is 14.7. The molecule has 1 aromatic carbocycles. The molecule has 0 bridgehead atoms. The van der Waals surface area contributed by atoms with Crippen LogP contribution < -0.4 is 5.32 Å². The lowest BCUT2D eigenvalue weighted by molar-refractivity contribution is -0.137. The molecule has 1 unspecified atom stereocenters. The number of likely N-dealkylation sites (N-methyl/N-ethyl adjacent to an activating group) is 1. The standard InChI is InChI=1S/C15H15F3N6O.ClH/c1-9(19-2)6-13-20-14(25-22-13)12-8-24(23-21-12)11-5-3-4-10(7-11)15(16,17)18;/h3-5,7-9,19H,6H2,1-2H3;1H. The maximum Gasteiger partial charge on any atom is 0.416 e. The van der Waals surface area contributed by atoms with E-state index in [4.69, 9.17) is 4.52 Å². The van der Waals surface area contributed by atoms with Crippen LogP contribution in [-0.2, 0) is 12.6 Å². The summed E-state index contributed by atoms with van der Waals surface area (Å²) in [7, 11) is 1.83. The molecule has 0 saturated heterocycles. The fraction of sp³-hybridized carbons (Fsp3) is 0.333. The van der Waals surface area contributed by atoms with Crippen LogP contribution in [0, 0.1) is 0 Å². The molecule has 0 saturated carbocycles. The second-order valence-corrected chi connectivity index (χ2v) is 5.51. The van der Waals surface area contributed by atoms with E-state index in [9.17, 15) is 13.2 Å². The summed E-state index contributed by atoms with van der Waals surface area (Å²) in [6, 6.07) is 4.97. The lowest BCUT2D eigenvalue weighted by Crippen LogP contribution is -2.24. The number of alkyl halides is 3. The van der Waals surface area contributed by atoms with E-state index in [1.807, 2.05) is 14.0 Å². The smallest absolute Gasteiger partial charge is 0.332 e. The summed E-state index contributed by atoms with van der Waals surface area (Å²) in [5.74, 6) is 0.669. The van der Waals surface area contributed by atoms with E-state index in [1.54, 1.807) is 0 Å². The highest BCUT2D eigenvalue weighted by Gasteiger charge is 2.30. The van der Waals surface area contributed by atoms with Gasteiger partial charge in [-0.1, -0.05) is 16.4 Å². The molecular formula is C15H16ClF3N6O. The largest absolute Gasteiger partial charge is 0.416 e. The average molecular weight is 389 g/mol. The van der Waals surface area contributed by atoms with E-state index in [0.717, 1.165) is 12.1 Å². The van der Waals surface area contributed by atoms with E-state index < -0.39 is 11.7 Å². The predicted molar refractivity (Wildman–Crippen MR) is 89.1 cm³/mol. The molecule has 0 spiro atoms. The van der Waals surface area contributed by atoms with Crippen molar-refractivity contribution in [1.29, 1.82) is 0 Å². The molecule has 0 fully saturated rings. The molecule has 3 rings (SSSR count). The Kier molecular flexibility index (Phi) is 5.98. The highest BCUT2D eigenvalue weighted by Crippen LogP contribution is 2.30. The van der Waals surface area contributed by atoms with E-state index >= 15 is 0 Å². The molecule has 2 heterocycles. The van der Waals surface area contributed by atoms with Gasteiger partial charge < -0.3 is 9.84 Å². The minimum Gasteiger partial charge on any atom is -0.332 e. The first-order chi connectivity index (χ1) is 11.9. The molecule has 1 N–H and O–H groups in total. The summed E-state index contributed by atoms with van der Waals surface area (Å²) < 4.78 is 44.8. The number of rotatable bonds is 5. The normalized spacial score (nSPS) is 12.7. The topological polar surface area (TPSA) is 81.7 Å². The van der Waals surface area contributed by atoms with Gasteiger partial charge in [-0.15, -0.1) is 17.5 Å². The third kappa shape index (κ3) is 4.38. The Bertz CT molecular complexity index is 863. The molecule has 0 aliphatic heterocycles. The minimum absolute atomic E-state index is 0. The first kappa shape index (κ1) is 19.9. The number of benzene rings is 1. The molecule has 0 aliphatic rings. The Morgan fingerprint density at radius 1 is 1.31 bits per heavy atom. The molecule has 1 atom stereocenters. The van der Waals surface area contributed by atoms with Crippen LogP contribution in [0.5, 0.6) is 0 Å². The van der Waals surface area contributed by atoms with Gasteiger partial charge in [0.1, 0.15) is 0 Å². The number of aromatic nitrogens is 5.